The molecular formula is C30H42N2O5S. The molecular weight excluding hydrogens is 500 g/mol. The molecule has 0 heterocycles. The summed E-state index contributed by atoms with van der Waals surface area (Å²) in [6, 6.07) is 18.1. The van der Waals surface area contributed by atoms with Crippen molar-refractivity contribution in [2.45, 2.75) is 69.8 Å². The van der Waals surface area contributed by atoms with Gasteiger partial charge >= 0.3 is 12.0 Å². The van der Waals surface area contributed by atoms with Crippen LogP contribution in [0.15, 0.2) is 54.6 Å². The fourth-order valence-corrected chi connectivity index (χ4v) is 5.48. The van der Waals surface area contributed by atoms with Crippen molar-refractivity contribution in [3.8, 4) is 5.75 Å². The topological polar surface area (TPSA) is 88.1 Å². The highest BCUT2D eigenvalue weighted by atomic mass is 32.2. The van der Waals surface area contributed by atoms with E-state index in [-0.39, 0.29) is 12.1 Å². The summed E-state index contributed by atoms with van der Waals surface area (Å²) in [5.41, 5.74) is 2.19. The largest absolute Gasteiger partial charge is 0.492 e. The van der Waals surface area contributed by atoms with Crippen molar-refractivity contribution in [3.63, 3.8) is 0 Å². The van der Waals surface area contributed by atoms with E-state index in [2.05, 4.69) is 29.6 Å². The highest BCUT2D eigenvalue weighted by Crippen LogP contribution is 2.18. The lowest BCUT2D eigenvalue weighted by Gasteiger charge is -2.28. The Morgan fingerprint density at radius 2 is 1.76 bits per heavy atom. The predicted octanol–water partition coefficient (Wildman–Crippen LogP) is 5.77. The summed E-state index contributed by atoms with van der Waals surface area (Å²) in [7, 11) is 0. The lowest BCUT2D eigenvalue weighted by atomic mass is 9.96. The minimum Gasteiger partial charge on any atom is -0.492 e. The number of rotatable bonds is 16. The zero-order chi connectivity index (χ0) is 27.0. The molecule has 0 aromatic heterocycles. The number of hydrogen-bond acceptors (Lipinski definition) is 5. The second kappa shape index (κ2) is 17.0. The summed E-state index contributed by atoms with van der Waals surface area (Å²) in [6.07, 6.45) is 6.10. The van der Waals surface area contributed by atoms with Crippen molar-refractivity contribution in [2.24, 2.45) is 0 Å². The summed E-state index contributed by atoms with van der Waals surface area (Å²) in [5, 5.41) is 12.5. The van der Waals surface area contributed by atoms with Gasteiger partial charge in [-0.15, -0.1) is 0 Å². The minimum atomic E-state index is -0.961. The van der Waals surface area contributed by atoms with E-state index in [0.29, 0.717) is 38.5 Å². The molecule has 1 aliphatic rings. The molecule has 1 atom stereocenters. The number of carboxylic acids is 1. The molecule has 208 valence electrons. The van der Waals surface area contributed by atoms with Crippen LogP contribution in [0.2, 0.25) is 0 Å². The highest BCUT2D eigenvalue weighted by Gasteiger charge is 2.20. The minimum absolute atomic E-state index is 0.000422. The van der Waals surface area contributed by atoms with Crippen molar-refractivity contribution >= 4 is 23.8 Å². The molecule has 2 aromatic rings. The number of carbonyl (C=O) groups is 2. The van der Waals surface area contributed by atoms with Crippen molar-refractivity contribution in [1.29, 1.82) is 0 Å². The van der Waals surface area contributed by atoms with Gasteiger partial charge < -0.3 is 24.8 Å². The van der Waals surface area contributed by atoms with E-state index in [1.54, 1.807) is 6.92 Å². The van der Waals surface area contributed by atoms with Crippen LogP contribution in [0, 0.1) is 0 Å². The van der Waals surface area contributed by atoms with E-state index in [9.17, 15) is 14.7 Å². The summed E-state index contributed by atoms with van der Waals surface area (Å²) in [5.74, 6) is 1.70. The molecule has 2 N–H and O–H groups in total. The van der Waals surface area contributed by atoms with E-state index in [1.165, 1.54) is 24.8 Å². The number of hydrogen-bond donors (Lipinski definition) is 2. The number of thioether (sulfide) groups is 1. The summed E-state index contributed by atoms with van der Waals surface area (Å²) in [6.45, 7) is 3.74. The van der Waals surface area contributed by atoms with Crippen LogP contribution >= 0.6 is 11.8 Å². The smallest absolute Gasteiger partial charge is 0.333 e. The van der Waals surface area contributed by atoms with Gasteiger partial charge in [0.15, 0.2) is 6.10 Å². The molecule has 2 aromatic carbocycles. The number of amides is 2. The number of ether oxygens (including phenoxy) is 2. The maximum atomic E-state index is 13.1. The van der Waals surface area contributed by atoms with Crippen LogP contribution in [0.5, 0.6) is 5.75 Å². The van der Waals surface area contributed by atoms with Gasteiger partial charge in [-0.1, -0.05) is 61.7 Å². The number of aliphatic carboxylic acids is 1. The molecule has 0 saturated heterocycles. The Labute approximate surface area is 231 Å². The summed E-state index contributed by atoms with van der Waals surface area (Å²) >= 11 is 1.89. The van der Waals surface area contributed by atoms with Crippen LogP contribution in [0.3, 0.4) is 0 Å². The lowest BCUT2D eigenvalue weighted by Crippen LogP contribution is -2.47. The Morgan fingerprint density at radius 1 is 1.03 bits per heavy atom. The molecule has 7 nitrogen and oxygen atoms in total. The maximum Gasteiger partial charge on any atom is 0.333 e. The Kier molecular flexibility index (Phi) is 13.3. The average molecular weight is 543 g/mol. The zero-order valence-corrected chi connectivity index (χ0v) is 23.3. The molecule has 1 unspecified atom stereocenters. The van der Waals surface area contributed by atoms with Crippen molar-refractivity contribution in [1.82, 2.24) is 10.2 Å². The van der Waals surface area contributed by atoms with Gasteiger partial charge in [0.25, 0.3) is 0 Å². The lowest BCUT2D eigenvalue weighted by molar-refractivity contribution is -0.149. The van der Waals surface area contributed by atoms with E-state index in [4.69, 9.17) is 9.47 Å². The molecule has 0 spiro atoms. The number of nitrogens with one attached hydrogen (secondary N) is 1. The van der Waals surface area contributed by atoms with E-state index in [0.717, 1.165) is 36.3 Å². The molecule has 2 amide bonds. The van der Waals surface area contributed by atoms with Crippen LogP contribution < -0.4 is 10.1 Å². The molecule has 38 heavy (non-hydrogen) atoms. The third-order valence-corrected chi connectivity index (χ3v) is 7.78. The number of urea groups is 1. The second-order valence-electron chi connectivity index (χ2n) is 9.64. The SMILES string of the molecule is CCOC(Cc1ccc(OCCN(CCCSCc2ccccc2)C(=O)NC2CCCCC2)cc1)C(=O)O. The summed E-state index contributed by atoms with van der Waals surface area (Å²) in [4.78, 5) is 26.3. The maximum absolute atomic E-state index is 13.1. The monoisotopic (exact) mass is 542 g/mol. The Bertz CT molecular complexity index is 951. The quantitative estimate of drug-likeness (QED) is 0.262. The van der Waals surface area contributed by atoms with Gasteiger partial charge in [-0.25, -0.2) is 9.59 Å². The number of nitrogens with zero attached hydrogens (tertiary/aromatic N) is 1. The van der Waals surface area contributed by atoms with E-state index >= 15 is 0 Å². The average Bonchev–Trinajstić information content (AvgIpc) is 2.93. The van der Waals surface area contributed by atoms with Gasteiger partial charge in [0.1, 0.15) is 12.4 Å². The Morgan fingerprint density at radius 3 is 2.45 bits per heavy atom. The van der Waals surface area contributed by atoms with Gasteiger partial charge in [0, 0.05) is 31.4 Å². The predicted molar refractivity (Wildman–Crippen MR) is 153 cm³/mol. The van der Waals surface area contributed by atoms with Gasteiger partial charge in [0.05, 0.1) is 6.54 Å². The fourth-order valence-electron chi connectivity index (χ4n) is 4.58. The van der Waals surface area contributed by atoms with Crippen LogP contribution in [-0.2, 0) is 21.7 Å². The Balaban J connectivity index is 1.46. The molecule has 8 heteroatoms. The second-order valence-corrected chi connectivity index (χ2v) is 10.7. The molecule has 0 bridgehead atoms. The number of carbonyl (C=O) groups excluding carboxylic acids is 1. The van der Waals surface area contributed by atoms with E-state index in [1.807, 2.05) is 47.0 Å². The molecule has 0 radical (unpaired) electrons. The summed E-state index contributed by atoms with van der Waals surface area (Å²) < 4.78 is 11.2. The normalized spacial score (nSPS) is 14.6. The molecule has 3 rings (SSSR count). The van der Waals surface area contributed by atoms with Crippen LogP contribution in [0.1, 0.15) is 56.6 Å². The standard InChI is InChI=1S/C30H42N2O5S/c1-2-36-28(29(33)34)22-24-14-16-27(17-15-24)37-20-19-32(30(35)31-26-12-7-4-8-13-26)18-9-21-38-23-25-10-5-3-6-11-25/h3,5-6,10-11,14-17,26,28H,2,4,7-9,12-13,18-23H2,1H3,(H,31,35)(H,33,34). The van der Waals surface area contributed by atoms with Crippen molar-refractivity contribution < 1.29 is 24.2 Å². The zero-order valence-electron chi connectivity index (χ0n) is 22.5. The molecule has 0 aliphatic heterocycles. The Hall–Kier alpha value is -2.71. The van der Waals surface area contributed by atoms with Gasteiger partial charge in [-0.3, -0.25) is 0 Å². The number of carboxylic acid groups (broad SMARTS) is 1. The molecule has 1 saturated carbocycles. The van der Waals surface area contributed by atoms with Gasteiger partial charge in [-0.2, -0.15) is 11.8 Å². The first-order valence-corrected chi connectivity index (χ1v) is 14.9. The highest BCUT2D eigenvalue weighted by molar-refractivity contribution is 7.98. The third kappa shape index (κ3) is 11.0. The van der Waals surface area contributed by atoms with Crippen molar-refractivity contribution in [2.75, 3.05) is 32.1 Å². The first-order valence-electron chi connectivity index (χ1n) is 13.8. The van der Waals surface area contributed by atoms with Crippen LogP contribution in [-0.4, -0.2) is 66.2 Å². The van der Waals surface area contributed by atoms with Crippen LogP contribution in [0.4, 0.5) is 4.79 Å². The fraction of sp³-hybridized carbons (Fsp3) is 0.533. The first-order chi connectivity index (χ1) is 18.5. The van der Waals surface area contributed by atoms with Crippen LogP contribution in [0.25, 0.3) is 0 Å². The third-order valence-electron chi connectivity index (χ3n) is 6.67. The van der Waals surface area contributed by atoms with Gasteiger partial charge in [0.2, 0.25) is 0 Å². The van der Waals surface area contributed by atoms with Gasteiger partial charge in [-0.05, 0) is 55.2 Å². The molecule has 1 fully saturated rings. The first kappa shape index (κ1) is 29.8. The van der Waals surface area contributed by atoms with Crippen molar-refractivity contribution in [3.05, 3.63) is 65.7 Å². The number of benzene rings is 2. The molecule has 1 aliphatic carbocycles. The van der Waals surface area contributed by atoms with E-state index < -0.39 is 12.1 Å².